The van der Waals surface area contributed by atoms with E-state index in [1.165, 1.54) is 30.5 Å². The molecule has 4 rings (SSSR count). The topological polar surface area (TPSA) is 47.6 Å². The maximum atomic E-state index is 12.6. The van der Waals surface area contributed by atoms with Gasteiger partial charge in [0.15, 0.2) is 5.11 Å². The van der Waals surface area contributed by atoms with Gasteiger partial charge in [0, 0.05) is 43.1 Å². The molecule has 0 unspecified atom stereocenters. The third-order valence-electron chi connectivity index (χ3n) is 6.92. The molecule has 2 aliphatic rings. The molecular weight excluding hydrogens is 428 g/mol. The fraction of sp³-hybridized carbons (Fsp3) is 0.481. The van der Waals surface area contributed by atoms with Gasteiger partial charge in [-0.15, -0.1) is 0 Å². The van der Waals surface area contributed by atoms with Crippen LogP contribution in [0.5, 0.6) is 0 Å². The van der Waals surface area contributed by atoms with Crippen molar-refractivity contribution in [3.8, 4) is 0 Å². The van der Waals surface area contributed by atoms with Gasteiger partial charge in [0.1, 0.15) is 0 Å². The number of nitrogens with zero attached hydrogens (tertiary/aromatic N) is 2. The molecule has 2 heterocycles. The van der Waals surface area contributed by atoms with Gasteiger partial charge >= 0.3 is 0 Å². The van der Waals surface area contributed by atoms with Crippen LogP contribution in [0.15, 0.2) is 48.5 Å². The molecule has 33 heavy (non-hydrogen) atoms. The number of carbonyl (C=O) groups excluding carboxylic acids is 1. The number of carbonyl (C=O) groups is 1. The Labute approximate surface area is 203 Å². The molecule has 0 radical (unpaired) electrons. The molecule has 0 aliphatic carbocycles. The summed E-state index contributed by atoms with van der Waals surface area (Å²) in [5.74, 6) is 0.961. The predicted molar refractivity (Wildman–Crippen MR) is 141 cm³/mol. The van der Waals surface area contributed by atoms with Gasteiger partial charge in [-0.3, -0.25) is 4.79 Å². The molecule has 0 bridgehead atoms. The summed E-state index contributed by atoms with van der Waals surface area (Å²) in [6, 6.07) is 16.5. The first-order valence-electron chi connectivity index (χ1n) is 12.3. The van der Waals surface area contributed by atoms with Crippen LogP contribution in [0.25, 0.3) is 0 Å². The third-order valence-corrected chi connectivity index (χ3v) is 7.14. The highest BCUT2D eigenvalue weighted by Crippen LogP contribution is 2.25. The minimum atomic E-state index is 0.0976. The molecule has 2 aliphatic heterocycles. The fourth-order valence-corrected chi connectivity index (χ4v) is 4.96. The van der Waals surface area contributed by atoms with E-state index in [2.05, 4.69) is 53.6 Å². The lowest BCUT2D eigenvalue weighted by molar-refractivity contribution is 0.0724. The standard InChI is InChI=1S/C27H36N4OS/c1-20-14-18-30(19-15-20)25-12-8-22(9-13-25)21(2)28-27(33)29-24-10-6-23(7-11-24)26(32)31-16-4-3-5-17-31/h6-13,20-21H,3-5,14-19H2,1-2H3,(H2,28,29,33)/t21-/m1/s1. The van der Waals surface area contributed by atoms with E-state index in [-0.39, 0.29) is 11.9 Å². The molecule has 2 saturated heterocycles. The lowest BCUT2D eigenvalue weighted by Gasteiger charge is -2.32. The molecule has 0 spiro atoms. The van der Waals surface area contributed by atoms with Crippen LogP contribution in [0.1, 0.15) is 67.9 Å². The number of nitrogens with one attached hydrogen (secondary N) is 2. The first-order chi connectivity index (χ1) is 16.0. The molecule has 2 fully saturated rings. The molecular formula is C27H36N4OS. The second-order valence-corrected chi connectivity index (χ2v) is 9.92. The summed E-state index contributed by atoms with van der Waals surface area (Å²) >= 11 is 5.53. The minimum absolute atomic E-state index is 0.0976. The van der Waals surface area contributed by atoms with E-state index in [0.29, 0.717) is 5.11 Å². The number of hydrogen-bond donors (Lipinski definition) is 2. The number of rotatable bonds is 5. The Kier molecular flexibility index (Phi) is 7.86. The minimum Gasteiger partial charge on any atom is -0.372 e. The van der Waals surface area contributed by atoms with E-state index in [4.69, 9.17) is 12.2 Å². The van der Waals surface area contributed by atoms with Crippen molar-refractivity contribution in [1.82, 2.24) is 10.2 Å². The molecule has 2 aromatic rings. The molecule has 1 atom stereocenters. The SMILES string of the molecule is CC1CCN(c2ccc([C@@H](C)NC(=S)Nc3ccc(C(=O)N4CCCCC4)cc3)cc2)CC1. The Hall–Kier alpha value is -2.60. The number of amides is 1. The highest BCUT2D eigenvalue weighted by atomic mass is 32.1. The Morgan fingerprint density at radius 2 is 1.58 bits per heavy atom. The highest BCUT2D eigenvalue weighted by molar-refractivity contribution is 7.80. The van der Waals surface area contributed by atoms with E-state index >= 15 is 0 Å². The summed E-state index contributed by atoms with van der Waals surface area (Å²) in [5.41, 5.74) is 4.12. The van der Waals surface area contributed by atoms with Gasteiger partial charge in [-0.2, -0.15) is 0 Å². The third kappa shape index (κ3) is 6.26. The number of anilines is 2. The Balaban J connectivity index is 1.28. The van der Waals surface area contributed by atoms with Gasteiger partial charge in [0.05, 0.1) is 6.04 Å². The lowest BCUT2D eigenvalue weighted by atomic mass is 9.98. The average Bonchev–Trinajstić information content (AvgIpc) is 2.85. The van der Waals surface area contributed by atoms with E-state index in [0.717, 1.165) is 56.2 Å². The van der Waals surface area contributed by atoms with Gasteiger partial charge in [-0.25, -0.2) is 0 Å². The van der Waals surface area contributed by atoms with E-state index in [9.17, 15) is 4.79 Å². The lowest BCUT2D eigenvalue weighted by Crippen LogP contribution is -2.35. The smallest absolute Gasteiger partial charge is 0.253 e. The van der Waals surface area contributed by atoms with Gasteiger partial charge in [0.25, 0.3) is 5.91 Å². The second-order valence-electron chi connectivity index (χ2n) is 9.51. The first kappa shape index (κ1) is 23.6. The Bertz CT molecular complexity index is 930. The first-order valence-corrected chi connectivity index (χ1v) is 12.7. The van der Waals surface area contributed by atoms with Crippen molar-refractivity contribution in [2.45, 2.75) is 52.0 Å². The summed E-state index contributed by atoms with van der Waals surface area (Å²) in [6.07, 6.45) is 5.96. The van der Waals surface area contributed by atoms with Crippen molar-refractivity contribution in [3.63, 3.8) is 0 Å². The van der Waals surface area contributed by atoms with Crippen molar-refractivity contribution in [2.24, 2.45) is 5.92 Å². The summed E-state index contributed by atoms with van der Waals surface area (Å²) in [4.78, 5) is 17.1. The number of benzene rings is 2. The molecule has 5 nitrogen and oxygen atoms in total. The van der Waals surface area contributed by atoms with E-state index in [1.54, 1.807) is 0 Å². The summed E-state index contributed by atoms with van der Waals surface area (Å²) in [5, 5.41) is 7.19. The molecule has 0 aromatic heterocycles. The molecule has 0 saturated carbocycles. The normalized spacial score (nSPS) is 18.0. The van der Waals surface area contributed by atoms with E-state index in [1.807, 2.05) is 29.2 Å². The predicted octanol–water partition coefficient (Wildman–Crippen LogP) is 5.60. The van der Waals surface area contributed by atoms with Gasteiger partial charge in [-0.05, 0) is 99.1 Å². The average molecular weight is 465 g/mol. The maximum Gasteiger partial charge on any atom is 0.253 e. The molecule has 176 valence electrons. The second kappa shape index (κ2) is 11.0. The zero-order chi connectivity index (χ0) is 23.2. The van der Waals surface area contributed by atoms with Crippen LogP contribution in [0.3, 0.4) is 0 Å². The molecule has 2 aromatic carbocycles. The van der Waals surface area contributed by atoms with Gasteiger partial charge < -0.3 is 20.4 Å². The van der Waals surface area contributed by atoms with Crippen LogP contribution < -0.4 is 15.5 Å². The Morgan fingerprint density at radius 3 is 2.21 bits per heavy atom. The summed E-state index contributed by atoms with van der Waals surface area (Å²) in [7, 11) is 0. The number of likely N-dealkylation sites (tertiary alicyclic amines) is 1. The maximum absolute atomic E-state index is 12.6. The zero-order valence-electron chi connectivity index (χ0n) is 19.8. The van der Waals surface area contributed by atoms with Crippen LogP contribution >= 0.6 is 12.2 Å². The summed E-state index contributed by atoms with van der Waals surface area (Å²) < 4.78 is 0. The van der Waals surface area contributed by atoms with Crippen LogP contribution in [-0.4, -0.2) is 42.1 Å². The Morgan fingerprint density at radius 1 is 0.939 bits per heavy atom. The molecule has 6 heteroatoms. The van der Waals surface area contributed by atoms with Crippen molar-refractivity contribution in [1.29, 1.82) is 0 Å². The number of hydrogen-bond acceptors (Lipinski definition) is 3. The quantitative estimate of drug-likeness (QED) is 0.564. The fourth-order valence-electron chi connectivity index (χ4n) is 4.66. The summed E-state index contributed by atoms with van der Waals surface area (Å²) in [6.45, 7) is 8.47. The largest absolute Gasteiger partial charge is 0.372 e. The van der Waals surface area contributed by atoms with Gasteiger partial charge in [-0.1, -0.05) is 19.1 Å². The molecule has 1 amide bonds. The highest BCUT2D eigenvalue weighted by Gasteiger charge is 2.18. The van der Waals surface area contributed by atoms with Crippen molar-refractivity contribution in [3.05, 3.63) is 59.7 Å². The number of thiocarbonyl (C=S) groups is 1. The zero-order valence-corrected chi connectivity index (χ0v) is 20.7. The van der Waals surface area contributed by atoms with Crippen LogP contribution in [-0.2, 0) is 0 Å². The monoisotopic (exact) mass is 464 g/mol. The molecule has 2 N–H and O–H groups in total. The van der Waals surface area contributed by atoms with Crippen LogP contribution in [0, 0.1) is 5.92 Å². The van der Waals surface area contributed by atoms with Crippen LogP contribution in [0.4, 0.5) is 11.4 Å². The van der Waals surface area contributed by atoms with Crippen molar-refractivity contribution < 1.29 is 4.79 Å². The van der Waals surface area contributed by atoms with Crippen molar-refractivity contribution >= 4 is 34.6 Å². The number of piperidine rings is 2. The van der Waals surface area contributed by atoms with Gasteiger partial charge in [0.2, 0.25) is 0 Å². The van der Waals surface area contributed by atoms with Crippen LogP contribution in [0.2, 0.25) is 0 Å². The van der Waals surface area contributed by atoms with Crippen molar-refractivity contribution in [2.75, 3.05) is 36.4 Å². The van der Waals surface area contributed by atoms with E-state index < -0.39 is 0 Å².